The van der Waals surface area contributed by atoms with Crippen LogP contribution in [0.4, 0.5) is 5.69 Å². The van der Waals surface area contributed by atoms with Crippen LogP contribution in [-0.2, 0) is 9.59 Å². The molecule has 142 valence electrons. The number of benzene rings is 2. The predicted molar refractivity (Wildman–Crippen MR) is 103 cm³/mol. The zero-order valence-electron chi connectivity index (χ0n) is 15.2. The molecule has 0 saturated heterocycles. The van der Waals surface area contributed by atoms with Crippen LogP contribution in [0.15, 0.2) is 48.5 Å². The number of carbonyl (C=O) groups excluding carboxylic acids is 2. The molecule has 0 spiro atoms. The van der Waals surface area contributed by atoms with E-state index in [1.54, 1.807) is 24.3 Å². The zero-order valence-corrected chi connectivity index (χ0v) is 15.2. The maximum atomic E-state index is 12.1. The van der Waals surface area contributed by atoms with Crippen molar-refractivity contribution in [3.63, 3.8) is 0 Å². The van der Waals surface area contributed by atoms with Gasteiger partial charge in [0.25, 0.3) is 5.91 Å². The molecule has 0 aromatic heterocycles. The number of nitrogens with one attached hydrogen (secondary N) is 1. The third kappa shape index (κ3) is 6.39. The van der Waals surface area contributed by atoms with E-state index in [1.807, 2.05) is 31.2 Å². The van der Waals surface area contributed by atoms with E-state index in [9.17, 15) is 9.59 Å². The minimum Gasteiger partial charge on any atom is -0.494 e. The Hall–Kier alpha value is -3.48. The highest BCUT2D eigenvalue weighted by Gasteiger charge is 2.08. The number of hydrogen-bond acceptors (Lipinski definition) is 5. The number of amides is 2. The van der Waals surface area contributed by atoms with Gasteiger partial charge in [0.1, 0.15) is 5.75 Å². The van der Waals surface area contributed by atoms with Gasteiger partial charge in [0.2, 0.25) is 5.91 Å². The van der Waals surface area contributed by atoms with Gasteiger partial charge in [0.05, 0.1) is 13.7 Å². The van der Waals surface area contributed by atoms with Crippen molar-refractivity contribution in [2.75, 3.05) is 25.6 Å². The summed E-state index contributed by atoms with van der Waals surface area (Å²) in [5, 5.41) is 2.72. The highest BCUT2D eigenvalue weighted by atomic mass is 16.5. The van der Waals surface area contributed by atoms with E-state index in [0.29, 0.717) is 23.8 Å². The van der Waals surface area contributed by atoms with Gasteiger partial charge in [-0.1, -0.05) is 12.1 Å². The Kier molecular flexibility index (Phi) is 7.25. The van der Waals surface area contributed by atoms with Crippen molar-refractivity contribution in [2.24, 2.45) is 5.73 Å². The normalized spacial score (nSPS) is 10.4. The largest absolute Gasteiger partial charge is 0.494 e. The highest BCUT2D eigenvalue weighted by molar-refractivity contribution is 6.02. The van der Waals surface area contributed by atoms with Gasteiger partial charge >= 0.3 is 0 Å². The van der Waals surface area contributed by atoms with Crippen LogP contribution in [0.3, 0.4) is 0 Å². The fourth-order valence-corrected chi connectivity index (χ4v) is 2.21. The molecular weight excluding hydrogens is 348 g/mol. The Morgan fingerprint density at radius 1 is 1.07 bits per heavy atom. The summed E-state index contributed by atoms with van der Waals surface area (Å²) in [7, 11) is 1.48. The second-order valence-corrected chi connectivity index (χ2v) is 5.45. The Labute approximate surface area is 157 Å². The van der Waals surface area contributed by atoms with E-state index in [4.69, 9.17) is 19.9 Å². The molecule has 0 aliphatic heterocycles. The van der Waals surface area contributed by atoms with Gasteiger partial charge in [-0.3, -0.25) is 9.59 Å². The molecule has 0 bridgehead atoms. The lowest BCUT2D eigenvalue weighted by atomic mass is 10.2. The quantitative estimate of drug-likeness (QED) is 0.661. The molecule has 0 saturated carbocycles. The number of carbonyl (C=O) groups is 2. The highest BCUT2D eigenvalue weighted by Crippen LogP contribution is 2.30. The molecule has 3 N–H and O–H groups in total. The number of rotatable bonds is 9. The molecule has 0 unspecified atom stereocenters. The lowest BCUT2D eigenvalue weighted by Gasteiger charge is -2.11. The number of primary amides is 1. The molecule has 7 nitrogen and oxygen atoms in total. The summed E-state index contributed by atoms with van der Waals surface area (Å²) in [6, 6.07) is 12.3. The smallest absolute Gasteiger partial charge is 0.255 e. The Morgan fingerprint density at radius 3 is 2.44 bits per heavy atom. The molecule has 0 fully saturated rings. The molecule has 27 heavy (non-hydrogen) atoms. The average molecular weight is 370 g/mol. The van der Waals surface area contributed by atoms with Gasteiger partial charge in [-0.25, -0.2) is 0 Å². The van der Waals surface area contributed by atoms with Gasteiger partial charge < -0.3 is 25.3 Å². The topological polar surface area (TPSA) is 99.9 Å². The molecule has 0 aliphatic carbocycles. The lowest BCUT2D eigenvalue weighted by molar-refractivity contribution is -0.120. The van der Waals surface area contributed by atoms with Gasteiger partial charge in [-0.05, 0) is 42.8 Å². The number of ether oxygens (including phenoxy) is 3. The molecule has 2 amide bonds. The van der Waals surface area contributed by atoms with E-state index < -0.39 is 5.91 Å². The Balaban J connectivity index is 2.01. The fourth-order valence-electron chi connectivity index (χ4n) is 2.21. The number of anilines is 1. The lowest BCUT2D eigenvalue weighted by Crippen LogP contribution is -2.20. The molecule has 2 aromatic rings. The summed E-state index contributed by atoms with van der Waals surface area (Å²) in [5.41, 5.74) is 6.45. The molecule has 0 heterocycles. The van der Waals surface area contributed by atoms with E-state index in [-0.39, 0.29) is 12.5 Å². The number of hydrogen-bond donors (Lipinski definition) is 2. The van der Waals surface area contributed by atoms with Crippen LogP contribution in [0.25, 0.3) is 6.08 Å². The minimum atomic E-state index is -0.607. The van der Waals surface area contributed by atoms with Gasteiger partial charge in [-0.15, -0.1) is 0 Å². The third-order valence-corrected chi connectivity index (χ3v) is 3.42. The summed E-state index contributed by atoms with van der Waals surface area (Å²) < 4.78 is 15.8. The summed E-state index contributed by atoms with van der Waals surface area (Å²) in [5.74, 6) is 0.601. The van der Waals surface area contributed by atoms with Crippen LogP contribution in [0.5, 0.6) is 17.2 Å². The van der Waals surface area contributed by atoms with E-state index in [2.05, 4.69) is 5.32 Å². The molecular formula is C20H22N2O5. The summed E-state index contributed by atoms with van der Waals surface area (Å²) in [6.45, 7) is 2.23. The Bertz CT molecular complexity index is 816. The average Bonchev–Trinajstić information content (AvgIpc) is 2.66. The number of nitrogens with two attached hydrogens (primary N) is 1. The van der Waals surface area contributed by atoms with Crippen LogP contribution in [-0.4, -0.2) is 32.1 Å². The van der Waals surface area contributed by atoms with Crippen LogP contribution < -0.4 is 25.3 Å². The van der Waals surface area contributed by atoms with Crippen molar-refractivity contribution in [2.45, 2.75) is 6.92 Å². The first kappa shape index (κ1) is 19.8. The van der Waals surface area contributed by atoms with E-state index in [1.165, 1.54) is 13.2 Å². The molecule has 2 rings (SSSR count). The minimum absolute atomic E-state index is 0.286. The van der Waals surface area contributed by atoms with Crippen LogP contribution in [0, 0.1) is 0 Å². The molecule has 0 aliphatic rings. The second kappa shape index (κ2) is 9.86. The third-order valence-electron chi connectivity index (χ3n) is 3.42. The molecule has 0 atom stereocenters. The SMILES string of the molecule is CCOc1ccc(/C=C/C(=O)Nc2ccc(OC)c(OCC(N)=O)c2)cc1. The van der Waals surface area contributed by atoms with Gasteiger partial charge in [0.15, 0.2) is 18.1 Å². The second-order valence-electron chi connectivity index (χ2n) is 5.45. The summed E-state index contributed by atoms with van der Waals surface area (Å²) >= 11 is 0. The molecule has 7 heteroatoms. The maximum Gasteiger partial charge on any atom is 0.255 e. The van der Waals surface area contributed by atoms with Crippen molar-refractivity contribution in [3.8, 4) is 17.2 Å². The van der Waals surface area contributed by atoms with Crippen LogP contribution in [0.1, 0.15) is 12.5 Å². The van der Waals surface area contributed by atoms with Gasteiger partial charge in [-0.2, -0.15) is 0 Å². The standard InChI is InChI=1S/C20H22N2O5/c1-3-26-16-8-4-14(5-9-16)6-11-20(24)22-15-7-10-17(25-2)18(12-15)27-13-19(21)23/h4-12H,3,13H2,1-2H3,(H2,21,23)(H,22,24)/b11-6+. The summed E-state index contributed by atoms with van der Waals surface area (Å²) in [4.78, 5) is 23.0. The predicted octanol–water partition coefficient (Wildman–Crippen LogP) is 2.61. The van der Waals surface area contributed by atoms with Crippen molar-refractivity contribution in [1.82, 2.24) is 0 Å². The van der Waals surface area contributed by atoms with Crippen molar-refractivity contribution in [3.05, 3.63) is 54.1 Å². The molecule has 2 aromatic carbocycles. The Morgan fingerprint density at radius 2 is 1.81 bits per heavy atom. The first-order valence-corrected chi connectivity index (χ1v) is 8.33. The first-order chi connectivity index (χ1) is 13.0. The van der Waals surface area contributed by atoms with Crippen molar-refractivity contribution < 1.29 is 23.8 Å². The fraction of sp³-hybridized carbons (Fsp3) is 0.200. The summed E-state index contributed by atoms with van der Waals surface area (Å²) in [6.07, 6.45) is 3.11. The molecule has 0 radical (unpaired) electrons. The zero-order chi connectivity index (χ0) is 19.6. The monoisotopic (exact) mass is 370 g/mol. The van der Waals surface area contributed by atoms with Gasteiger partial charge in [0, 0.05) is 17.8 Å². The van der Waals surface area contributed by atoms with Crippen LogP contribution in [0.2, 0.25) is 0 Å². The van der Waals surface area contributed by atoms with Crippen molar-refractivity contribution >= 4 is 23.6 Å². The van der Waals surface area contributed by atoms with E-state index in [0.717, 1.165) is 11.3 Å². The maximum absolute atomic E-state index is 12.1. The van der Waals surface area contributed by atoms with Crippen molar-refractivity contribution in [1.29, 1.82) is 0 Å². The van der Waals surface area contributed by atoms with Crippen LogP contribution >= 0.6 is 0 Å². The first-order valence-electron chi connectivity index (χ1n) is 8.33. The van der Waals surface area contributed by atoms with E-state index >= 15 is 0 Å². The number of methoxy groups -OCH3 is 1.